The number of benzene rings is 3. The van der Waals surface area contributed by atoms with Crippen LogP contribution >= 0.6 is 0 Å². The molecular weight excluding hydrogens is 410 g/mol. The fourth-order valence-corrected chi connectivity index (χ4v) is 4.95. The van der Waals surface area contributed by atoms with Gasteiger partial charge < -0.3 is 14.4 Å². The van der Waals surface area contributed by atoms with Gasteiger partial charge in [-0.15, -0.1) is 0 Å². The number of piperidine rings is 1. The van der Waals surface area contributed by atoms with E-state index in [9.17, 15) is 4.79 Å². The zero-order chi connectivity index (χ0) is 23.0. The molecule has 1 unspecified atom stereocenters. The highest BCUT2D eigenvalue weighted by atomic mass is 16.5. The Labute approximate surface area is 197 Å². The molecule has 0 aliphatic carbocycles. The minimum Gasteiger partial charge on any atom is -0.493 e. The number of methoxy groups -OCH3 is 2. The molecule has 172 valence electrons. The molecular formula is C29H33NO3. The number of carbonyl (C=O) groups is 1. The summed E-state index contributed by atoms with van der Waals surface area (Å²) in [5, 5.41) is 0. The summed E-state index contributed by atoms with van der Waals surface area (Å²) in [7, 11) is 3.24. The molecule has 3 aromatic carbocycles. The first-order valence-electron chi connectivity index (χ1n) is 11.8. The van der Waals surface area contributed by atoms with E-state index in [0.29, 0.717) is 17.9 Å². The summed E-state index contributed by atoms with van der Waals surface area (Å²) in [5.74, 6) is 1.79. The monoisotopic (exact) mass is 443 g/mol. The van der Waals surface area contributed by atoms with Crippen molar-refractivity contribution in [2.45, 2.75) is 44.1 Å². The molecule has 0 spiro atoms. The van der Waals surface area contributed by atoms with Gasteiger partial charge in [-0.3, -0.25) is 4.79 Å². The van der Waals surface area contributed by atoms with Crippen LogP contribution in [-0.2, 0) is 11.2 Å². The van der Waals surface area contributed by atoms with Gasteiger partial charge in [-0.2, -0.15) is 0 Å². The number of amides is 1. The Morgan fingerprint density at radius 1 is 0.879 bits per heavy atom. The van der Waals surface area contributed by atoms with E-state index in [1.807, 2.05) is 18.2 Å². The molecule has 1 aliphatic heterocycles. The Hall–Kier alpha value is -3.27. The van der Waals surface area contributed by atoms with Crippen LogP contribution in [0.15, 0.2) is 78.9 Å². The summed E-state index contributed by atoms with van der Waals surface area (Å²) in [4.78, 5) is 15.6. The predicted octanol–water partition coefficient (Wildman–Crippen LogP) is 5.85. The average molecular weight is 444 g/mol. The maximum absolute atomic E-state index is 13.4. The molecule has 1 atom stereocenters. The first-order chi connectivity index (χ1) is 16.2. The largest absolute Gasteiger partial charge is 0.493 e. The van der Waals surface area contributed by atoms with Gasteiger partial charge in [0.15, 0.2) is 11.5 Å². The molecule has 1 fully saturated rings. The van der Waals surface area contributed by atoms with Gasteiger partial charge in [0.05, 0.1) is 20.6 Å². The van der Waals surface area contributed by atoms with Crippen LogP contribution in [0.3, 0.4) is 0 Å². The van der Waals surface area contributed by atoms with E-state index in [1.54, 1.807) is 14.2 Å². The van der Waals surface area contributed by atoms with E-state index < -0.39 is 0 Å². The minimum absolute atomic E-state index is 0.187. The van der Waals surface area contributed by atoms with Crippen molar-refractivity contribution >= 4 is 5.91 Å². The summed E-state index contributed by atoms with van der Waals surface area (Å²) in [6.07, 6.45) is 4.59. The molecule has 1 aliphatic rings. The lowest BCUT2D eigenvalue weighted by Gasteiger charge is -2.38. The van der Waals surface area contributed by atoms with Crippen LogP contribution in [0, 0.1) is 0 Å². The van der Waals surface area contributed by atoms with E-state index in [1.165, 1.54) is 17.5 Å². The molecule has 0 radical (unpaired) electrons. The fraction of sp³-hybridized carbons (Fsp3) is 0.345. The number of ether oxygens (including phenoxy) is 2. The van der Waals surface area contributed by atoms with Crippen molar-refractivity contribution in [1.82, 2.24) is 4.90 Å². The van der Waals surface area contributed by atoms with E-state index in [-0.39, 0.29) is 17.9 Å². The average Bonchev–Trinajstić information content (AvgIpc) is 2.88. The van der Waals surface area contributed by atoms with Crippen molar-refractivity contribution < 1.29 is 14.3 Å². The minimum atomic E-state index is 0.187. The van der Waals surface area contributed by atoms with E-state index >= 15 is 0 Å². The number of rotatable bonds is 8. The van der Waals surface area contributed by atoms with Crippen molar-refractivity contribution in [3.8, 4) is 11.5 Å². The highest BCUT2D eigenvalue weighted by molar-refractivity contribution is 5.79. The summed E-state index contributed by atoms with van der Waals surface area (Å²) >= 11 is 0. The summed E-state index contributed by atoms with van der Waals surface area (Å²) in [6, 6.07) is 27.3. The van der Waals surface area contributed by atoms with Crippen molar-refractivity contribution in [1.29, 1.82) is 0 Å². The zero-order valence-corrected chi connectivity index (χ0v) is 19.6. The maximum atomic E-state index is 13.4. The number of nitrogens with zero attached hydrogens (tertiary/aromatic N) is 1. The van der Waals surface area contributed by atoms with Gasteiger partial charge in [-0.05, 0) is 54.5 Å². The van der Waals surface area contributed by atoms with Crippen molar-refractivity contribution in [2.24, 2.45) is 0 Å². The molecule has 3 aromatic rings. The Kier molecular flexibility index (Phi) is 7.66. The first-order valence-corrected chi connectivity index (χ1v) is 11.8. The number of hydrogen-bond acceptors (Lipinski definition) is 3. The highest BCUT2D eigenvalue weighted by Gasteiger charge is 2.30. The normalized spacial score (nSPS) is 16.0. The van der Waals surface area contributed by atoms with Gasteiger partial charge in [0.25, 0.3) is 0 Å². The Bertz CT molecular complexity index is 996. The van der Waals surface area contributed by atoms with E-state index in [4.69, 9.17) is 9.47 Å². The molecule has 4 nitrogen and oxygen atoms in total. The SMILES string of the molecule is COc1ccc(CC(=O)N2CCCCC2CC(c2ccccc2)c2ccccc2)cc1OC. The Morgan fingerprint density at radius 2 is 1.52 bits per heavy atom. The molecule has 0 aromatic heterocycles. The van der Waals surface area contributed by atoms with Crippen LogP contribution in [0.2, 0.25) is 0 Å². The zero-order valence-electron chi connectivity index (χ0n) is 19.6. The molecule has 0 bridgehead atoms. The van der Waals surface area contributed by atoms with Crippen LogP contribution in [0.4, 0.5) is 0 Å². The molecule has 4 heteroatoms. The van der Waals surface area contributed by atoms with Crippen molar-refractivity contribution in [2.75, 3.05) is 20.8 Å². The van der Waals surface area contributed by atoms with Crippen LogP contribution in [0.1, 0.15) is 48.3 Å². The molecule has 1 amide bonds. The quantitative estimate of drug-likeness (QED) is 0.438. The molecule has 0 N–H and O–H groups in total. The lowest BCUT2D eigenvalue weighted by Crippen LogP contribution is -2.45. The second-order valence-electron chi connectivity index (χ2n) is 8.71. The summed E-state index contributed by atoms with van der Waals surface area (Å²) in [5.41, 5.74) is 3.56. The number of hydrogen-bond donors (Lipinski definition) is 0. The number of carbonyl (C=O) groups excluding carboxylic acids is 1. The lowest BCUT2D eigenvalue weighted by molar-refractivity contribution is -0.134. The molecule has 4 rings (SSSR count). The topological polar surface area (TPSA) is 38.8 Å². The van der Waals surface area contributed by atoms with Crippen LogP contribution in [-0.4, -0.2) is 37.6 Å². The van der Waals surface area contributed by atoms with Crippen LogP contribution < -0.4 is 9.47 Å². The van der Waals surface area contributed by atoms with Gasteiger partial charge in [-0.25, -0.2) is 0 Å². The van der Waals surface area contributed by atoms with E-state index in [2.05, 4.69) is 65.6 Å². The van der Waals surface area contributed by atoms with Gasteiger partial charge in [0.2, 0.25) is 5.91 Å². The van der Waals surface area contributed by atoms with Crippen LogP contribution in [0.25, 0.3) is 0 Å². The molecule has 33 heavy (non-hydrogen) atoms. The maximum Gasteiger partial charge on any atom is 0.227 e. The van der Waals surface area contributed by atoms with Gasteiger partial charge in [-0.1, -0.05) is 66.7 Å². The third-order valence-electron chi connectivity index (χ3n) is 6.66. The molecule has 1 saturated heterocycles. The summed E-state index contributed by atoms with van der Waals surface area (Å²) in [6.45, 7) is 0.826. The smallest absolute Gasteiger partial charge is 0.227 e. The Balaban J connectivity index is 1.54. The van der Waals surface area contributed by atoms with Crippen molar-refractivity contribution in [3.05, 3.63) is 95.6 Å². The van der Waals surface area contributed by atoms with Gasteiger partial charge in [0, 0.05) is 18.5 Å². The summed E-state index contributed by atoms with van der Waals surface area (Å²) < 4.78 is 10.8. The second-order valence-corrected chi connectivity index (χ2v) is 8.71. The third kappa shape index (κ3) is 5.57. The predicted molar refractivity (Wildman–Crippen MR) is 132 cm³/mol. The number of likely N-dealkylation sites (tertiary alicyclic amines) is 1. The van der Waals surface area contributed by atoms with Gasteiger partial charge >= 0.3 is 0 Å². The molecule has 1 heterocycles. The first kappa shape index (κ1) is 22.9. The standard InChI is InChI=1S/C29H33NO3/c1-32-27-17-16-22(19-28(27)33-2)20-29(31)30-18-10-9-15-25(30)21-26(23-11-5-3-6-12-23)24-13-7-4-8-14-24/h3-8,11-14,16-17,19,25-26H,9-10,15,18,20-21H2,1-2H3. The molecule has 0 saturated carbocycles. The fourth-order valence-electron chi connectivity index (χ4n) is 4.95. The second kappa shape index (κ2) is 11.0. The Morgan fingerprint density at radius 3 is 2.12 bits per heavy atom. The van der Waals surface area contributed by atoms with Crippen LogP contribution in [0.5, 0.6) is 11.5 Å². The third-order valence-corrected chi connectivity index (χ3v) is 6.66. The highest BCUT2D eigenvalue weighted by Crippen LogP contribution is 2.34. The lowest BCUT2D eigenvalue weighted by atomic mass is 9.83. The van der Waals surface area contributed by atoms with Crippen molar-refractivity contribution in [3.63, 3.8) is 0 Å². The van der Waals surface area contributed by atoms with E-state index in [0.717, 1.165) is 31.4 Å². The van der Waals surface area contributed by atoms with Gasteiger partial charge in [0.1, 0.15) is 0 Å².